The number of fused-ring (bicyclic) bond motifs is 3. The van der Waals surface area contributed by atoms with Crippen molar-refractivity contribution in [2.75, 3.05) is 5.32 Å². The number of nitrogens with one attached hydrogen (secondary N) is 1. The summed E-state index contributed by atoms with van der Waals surface area (Å²) in [4.78, 5) is 13.9. The first-order chi connectivity index (χ1) is 17.9. The third-order valence-electron chi connectivity index (χ3n) is 8.76. The standard InChI is InChI=1S/C28H32F6N2O2/c29-27(30,31)19-6-8-20(9-7-19)35-24-11-5-17-12-16(4-10-23(17)25(24)28(32,33)34)15-36-21-2-1-3-22(36)14-18(13-21)26(37)38/h4-5,10-12,18-22,35H,1-3,6-9,13-15H2,(H,37,38)/t18?,19-,20+,21?,22?. The van der Waals surface area contributed by atoms with Crippen LogP contribution in [0.15, 0.2) is 30.3 Å². The van der Waals surface area contributed by atoms with Crippen molar-refractivity contribution in [2.45, 2.75) is 94.8 Å². The first kappa shape index (κ1) is 27.1. The van der Waals surface area contributed by atoms with Crippen LogP contribution in [0.3, 0.4) is 0 Å². The average Bonchev–Trinajstić information content (AvgIpc) is 2.82. The van der Waals surface area contributed by atoms with Crippen molar-refractivity contribution < 1.29 is 36.2 Å². The molecule has 1 aliphatic carbocycles. The molecule has 2 saturated heterocycles. The molecule has 0 radical (unpaired) electrons. The smallest absolute Gasteiger partial charge is 0.418 e. The average molecular weight is 543 g/mol. The van der Waals surface area contributed by atoms with Crippen molar-refractivity contribution in [3.05, 3.63) is 41.5 Å². The van der Waals surface area contributed by atoms with Gasteiger partial charge in [0.2, 0.25) is 0 Å². The Kier molecular flexibility index (Phi) is 7.30. The topological polar surface area (TPSA) is 52.6 Å². The maximum atomic E-state index is 14.2. The van der Waals surface area contributed by atoms with Gasteiger partial charge >= 0.3 is 18.3 Å². The molecule has 2 N–H and O–H groups in total. The monoisotopic (exact) mass is 542 g/mol. The maximum absolute atomic E-state index is 14.2. The Labute approximate surface area is 217 Å². The third-order valence-corrected chi connectivity index (χ3v) is 8.76. The van der Waals surface area contributed by atoms with Gasteiger partial charge in [-0.3, -0.25) is 9.69 Å². The van der Waals surface area contributed by atoms with Crippen LogP contribution in [0.5, 0.6) is 0 Å². The quantitative estimate of drug-likeness (QED) is 0.382. The zero-order valence-corrected chi connectivity index (χ0v) is 20.9. The molecular formula is C28H32F6N2O2. The van der Waals surface area contributed by atoms with E-state index in [0.717, 1.165) is 24.8 Å². The van der Waals surface area contributed by atoms with Crippen LogP contribution in [0, 0.1) is 11.8 Å². The van der Waals surface area contributed by atoms with Crippen molar-refractivity contribution in [3.8, 4) is 0 Å². The Morgan fingerprint density at radius 1 is 0.921 bits per heavy atom. The molecule has 5 rings (SSSR count). The number of carboxylic acids is 1. The predicted molar refractivity (Wildman–Crippen MR) is 132 cm³/mol. The molecule has 10 heteroatoms. The molecule has 208 valence electrons. The Balaban J connectivity index is 1.36. The Morgan fingerprint density at radius 2 is 1.58 bits per heavy atom. The van der Waals surface area contributed by atoms with E-state index in [1.807, 2.05) is 0 Å². The molecule has 3 fully saturated rings. The number of hydrogen-bond acceptors (Lipinski definition) is 3. The molecule has 2 unspecified atom stereocenters. The van der Waals surface area contributed by atoms with E-state index in [1.54, 1.807) is 18.2 Å². The van der Waals surface area contributed by atoms with Crippen LogP contribution in [0.1, 0.15) is 68.9 Å². The molecule has 4 nitrogen and oxygen atoms in total. The number of carbonyl (C=O) groups is 1. The summed E-state index contributed by atoms with van der Waals surface area (Å²) >= 11 is 0. The van der Waals surface area contributed by atoms with Crippen molar-refractivity contribution in [1.29, 1.82) is 0 Å². The molecule has 2 bridgehead atoms. The highest BCUT2D eigenvalue weighted by Gasteiger charge is 2.43. The second-order valence-electron chi connectivity index (χ2n) is 11.2. The number of nitrogens with zero attached hydrogens (tertiary/aromatic N) is 1. The number of aliphatic carboxylic acids is 1. The number of carboxylic acid groups (broad SMARTS) is 1. The lowest BCUT2D eigenvalue weighted by Gasteiger charge is -2.48. The number of anilines is 1. The van der Waals surface area contributed by atoms with Crippen molar-refractivity contribution in [3.63, 3.8) is 0 Å². The van der Waals surface area contributed by atoms with Crippen molar-refractivity contribution in [1.82, 2.24) is 4.90 Å². The number of benzene rings is 2. The minimum atomic E-state index is -4.64. The van der Waals surface area contributed by atoms with Gasteiger partial charge in [0.15, 0.2) is 0 Å². The summed E-state index contributed by atoms with van der Waals surface area (Å²) in [7, 11) is 0. The molecular weight excluding hydrogens is 510 g/mol. The van der Waals surface area contributed by atoms with Crippen LogP contribution < -0.4 is 5.32 Å². The lowest BCUT2D eigenvalue weighted by atomic mass is 9.78. The summed E-state index contributed by atoms with van der Waals surface area (Å²) in [6.45, 7) is 0.557. The van der Waals surface area contributed by atoms with Crippen LogP contribution in [-0.2, 0) is 17.5 Å². The summed E-state index contributed by atoms with van der Waals surface area (Å²) in [5, 5.41) is 12.9. The summed E-state index contributed by atoms with van der Waals surface area (Å²) in [6, 6.07) is 7.84. The Hall–Kier alpha value is -2.49. The van der Waals surface area contributed by atoms with Crippen LogP contribution >= 0.6 is 0 Å². The van der Waals surface area contributed by atoms with Gasteiger partial charge in [0.05, 0.1) is 17.4 Å². The van der Waals surface area contributed by atoms with E-state index in [-0.39, 0.29) is 54.8 Å². The fraction of sp³-hybridized carbons (Fsp3) is 0.607. The van der Waals surface area contributed by atoms with Gasteiger partial charge in [0.1, 0.15) is 0 Å². The lowest BCUT2D eigenvalue weighted by molar-refractivity contribution is -0.182. The maximum Gasteiger partial charge on any atom is 0.418 e. The van der Waals surface area contributed by atoms with Gasteiger partial charge in [-0.15, -0.1) is 0 Å². The highest BCUT2D eigenvalue weighted by atomic mass is 19.4. The van der Waals surface area contributed by atoms with Gasteiger partial charge in [-0.05, 0) is 79.8 Å². The Morgan fingerprint density at radius 3 is 2.16 bits per heavy atom. The first-order valence-corrected chi connectivity index (χ1v) is 13.3. The second-order valence-corrected chi connectivity index (χ2v) is 11.2. The van der Waals surface area contributed by atoms with Gasteiger partial charge in [-0.1, -0.05) is 24.6 Å². The van der Waals surface area contributed by atoms with Crippen LogP contribution in [0.4, 0.5) is 32.0 Å². The SMILES string of the molecule is O=C(O)C1CC2CCCC(C1)N2Cc1ccc2c(C(F)(F)F)c(N[C@H]3CC[C@@H](C(F)(F)F)CC3)ccc2c1. The van der Waals surface area contributed by atoms with E-state index >= 15 is 0 Å². The molecule has 3 aliphatic rings. The number of halogens is 6. The predicted octanol–water partition coefficient (Wildman–Crippen LogP) is 7.61. The van der Waals surface area contributed by atoms with Gasteiger partial charge < -0.3 is 10.4 Å². The van der Waals surface area contributed by atoms with Crippen molar-refractivity contribution >= 4 is 22.4 Å². The highest BCUT2D eigenvalue weighted by Crippen LogP contribution is 2.43. The van der Waals surface area contributed by atoms with E-state index in [1.165, 1.54) is 12.1 Å². The number of piperidine rings is 2. The van der Waals surface area contributed by atoms with Gasteiger partial charge in [-0.2, -0.15) is 26.3 Å². The van der Waals surface area contributed by atoms with E-state index in [9.17, 15) is 36.2 Å². The van der Waals surface area contributed by atoms with Gasteiger partial charge in [0, 0.05) is 30.4 Å². The Bertz CT molecular complexity index is 1160. The van der Waals surface area contributed by atoms with Gasteiger partial charge in [0.25, 0.3) is 0 Å². The summed E-state index contributed by atoms with van der Waals surface area (Å²) in [5.41, 5.74) is -0.0143. The number of alkyl halides is 6. The van der Waals surface area contributed by atoms with Gasteiger partial charge in [-0.25, -0.2) is 0 Å². The minimum absolute atomic E-state index is 0.0556. The van der Waals surface area contributed by atoms with Crippen molar-refractivity contribution in [2.24, 2.45) is 11.8 Å². The molecule has 2 aromatic carbocycles. The summed E-state index contributed by atoms with van der Waals surface area (Å²) < 4.78 is 81.7. The van der Waals surface area contributed by atoms with E-state index < -0.39 is 35.8 Å². The van der Waals surface area contributed by atoms with E-state index in [2.05, 4.69) is 10.2 Å². The van der Waals surface area contributed by atoms with E-state index in [0.29, 0.717) is 24.8 Å². The first-order valence-electron chi connectivity index (χ1n) is 13.3. The lowest BCUT2D eigenvalue weighted by Crippen LogP contribution is -2.52. The molecule has 0 amide bonds. The molecule has 0 spiro atoms. The molecule has 0 aromatic heterocycles. The molecule has 2 aliphatic heterocycles. The van der Waals surface area contributed by atoms with Crippen LogP contribution in [0.25, 0.3) is 10.8 Å². The fourth-order valence-electron chi connectivity index (χ4n) is 6.84. The molecule has 2 atom stereocenters. The zero-order chi connectivity index (χ0) is 27.2. The van der Waals surface area contributed by atoms with Crippen LogP contribution in [-0.4, -0.2) is 40.3 Å². The largest absolute Gasteiger partial charge is 0.481 e. The van der Waals surface area contributed by atoms with Crippen LogP contribution in [0.2, 0.25) is 0 Å². The minimum Gasteiger partial charge on any atom is -0.481 e. The summed E-state index contributed by atoms with van der Waals surface area (Å²) in [6.07, 6.45) is -4.67. The zero-order valence-electron chi connectivity index (χ0n) is 20.9. The highest BCUT2D eigenvalue weighted by molar-refractivity contribution is 5.91. The summed E-state index contributed by atoms with van der Waals surface area (Å²) in [5.74, 6) is -2.50. The molecule has 2 aromatic rings. The third kappa shape index (κ3) is 5.60. The molecule has 2 heterocycles. The number of hydrogen-bond donors (Lipinski definition) is 2. The number of rotatable bonds is 5. The normalized spacial score (nSPS) is 28.8. The molecule has 38 heavy (non-hydrogen) atoms. The second kappa shape index (κ2) is 10.2. The fourth-order valence-corrected chi connectivity index (χ4v) is 6.84. The molecule has 1 saturated carbocycles. The van der Waals surface area contributed by atoms with E-state index in [4.69, 9.17) is 0 Å².